The quantitative estimate of drug-likeness (QED) is 0.609. The summed E-state index contributed by atoms with van der Waals surface area (Å²) in [6, 6.07) is 11.8. The van der Waals surface area contributed by atoms with Crippen LogP contribution >= 0.6 is 0 Å². The van der Waals surface area contributed by atoms with E-state index in [0.717, 1.165) is 41.4 Å². The van der Waals surface area contributed by atoms with Crippen LogP contribution < -0.4 is 4.74 Å². The number of hydrogen-bond acceptors (Lipinski definition) is 4. The molecule has 2 unspecified atom stereocenters. The molecule has 0 bridgehead atoms. The lowest BCUT2D eigenvalue weighted by Gasteiger charge is -2.17. The molecular formula is C25H28N2O4. The largest absolute Gasteiger partial charge is 0.496 e. The third kappa shape index (κ3) is 3.90. The molecule has 0 aliphatic carbocycles. The Labute approximate surface area is 182 Å². The van der Waals surface area contributed by atoms with Crippen LogP contribution in [0.4, 0.5) is 0 Å². The standard InChI is InChI=1S/C25H28N2O4/c1-15(19-7-6-18(25(29)31-4)13-23(19)30-3)21-14-26-22-8-5-16(12-20(21)22)11-17-9-10-27(2)24(17)28/h5-8,12-15,17,26H,9-11H2,1-4H3. The number of carbonyl (C=O) groups is 2. The first-order valence-electron chi connectivity index (χ1n) is 10.5. The summed E-state index contributed by atoms with van der Waals surface area (Å²) in [4.78, 5) is 29.4. The summed E-state index contributed by atoms with van der Waals surface area (Å²) in [5.74, 6) is 0.609. The van der Waals surface area contributed by atoms with Gasteiger partial charge in [-0.15, -0.1) is 0 Å². The summed E-state index contributed by atoms with van der Waals surface area (Å²) in [5.41, 5.74) is 4.83. The van der Waals surface area contributed by atoms with Crippen molar-refractivity contribution in [3.63, 3.8) is 0 Å². The maximum atomic E-state index is 12.3. The number of nitrogens with one attached hydrogen (secondary N) is 1. The van der Waals surface area contributed by atoms with Crippen LogP contribution in [0, 0.1) is 5.92 Å². The van der Waals surface area contributed by atoms with E-state index < -0.39 is 0 Å². The highest BCUT2D eigenvalue weighted by Gasteiger charge is 2.29. The molecule has 1 aliphatic rings. The van der Waals surface area contributed by atoms with Crippen molar-refractivity contribution in [2.75, 3.05) is 27.8 Å². The number of benzene rings is 2. The van der Waals surface area contributed by atoms with Gasteiger partial charge in [0.2, 0.25) is 5.91 Å². The van der Waals surface area contributed by atoms with Crippen LogP contribution in [0.3, 0.4) is 0 Å². The van der Waals surface area contributed by atoms with Crippen LogP contribution in [-0.4, -0.2) is 49.6 Å². The number of methoxy groups -OCH3 is 2. The zero-order chi connectivity index (χ0) is 22.1. The summed E-state index contributed by atoms with van der Waals surface area (Å²) >= 11 is 0. The van der Waals surface area contributed by atoms with Crippen molar-refractivity contribution < 1.29 is 19.1 Å². The number of ether oxygens (including phenoxy) is 2. The molecule has 1 N–H and O–H groups in total. The fourth-order valence-electron chi connectivity index (χ4n) is 4.52. The Bertz CT molecular complexity index is 1130. The maximum absolute atomic E-state index is 12.3. The number of H-pyrrole nitrogens is 1. The van der Waals surface area contributed by atoms with Gasteiger partial charge >= 0.3 is 5.97 Å². The first kappa shape index (κ1) is 21.0. The smallest absolute Gasteiger partial charge is 0.337 e. The Kier molecular flexibility index (Phi) is 5.72. The van der Waals surface area contributed by atoms with E-state index in [0.29, 0.717) is 11.3 Å². The van der Waals surface area contributed by atoms with Crippen LogP contribution in [0.5, 0.6) is 5.75 Å². The van der Waals surface area contributed by atoms with Gasteiger partial charge in [0.1, 0.15) is 5.75 Å². The molecule has 0 radical (unpaired) electrons. The number of esters is 1. The summed E-state index contributed by atoms with van der Waals surface area (Å²) < 4.78 is 10.4. The second kappa shape index (κ2) is 8.46. The number of nitrogens with zero attached hydrogens (tertiary/aromatic N) is 1. The van der Waals surface area contributed by atoms with Crippen LogP contribution in [0.15, 0.2) is 42.6 Å². The van der Waals surface area contributed by atoms with Crippen molar-refractivity contribution in [3.8, 4) is 5.75 Å². The van der Waals surface area contributed by atoms with Crippen LogP contribution in [0.1, 0.15) is 46.3 Å². The molecule has 6 nitrogen and oxygen atoms in total. The zero-order valence-corrected chi connectivity index (χ0v) is 18.4. The summed E-state index contributed by atoms with van der Waals surface area (Å²) in [5, 5.41) is 1.14. The van der Waals surface area contributed by atoms with E-state index in [9.17, 15) is 9.59 Å². The normalized spacial score (nSPS) is 17.2. The minimum atomic E-state index is -0.388. The van der Waals surface area contributed by atoms with E-state index in [2.05, 4.69) is 30.1 Å². The molecule has 1 aromatic heterocycles. The molecule has 31 heavy (non-hydrogen) atoms. The summed E-state index contributed by atoms with van der Waals surface area (Å²) in [6.07, 6.45) is 3.70. The van der Waals surface area contributed by atoms with E-state index >= 15 is 0 Å². The topological polar surface area (TPSA) is 71.6 Å². The second-order valence-electron chi connectivity index (χ2n) is 8.24. The number of likely N-dealkylation sites (tertiary alicyclic amines) is 1. The van der Waals surface area contributed by atoms with Gasteiger partial charge in [-0.05, 0) is 48.2 Å². The minimum absolute atomic E-state index is 0.0462. The van der Waals surface area contributed by atoms with E-state index in [-0.39, 0.29) is 23.7 Å². The van der Waals surface area contributed by atoms with Crippen LogP contribution in [-0.2, 0) is 16.0 Å². The molecule has 162 valence electrons. The van der Waals surface area contributed by atoms with Gasteiger partial charge in [-0.1, -0.05) is 19.1 Å². The number of aromatic amines is 1. The number of hydrogen-bond donors (Lipinski definition) is 1. The predicted octanol–water partition coefficient (Wildman–Crippen LogP) is 4.14. The second-order valence-corrected chi connectivity index (χ2v) is 8.24. The lowest BCUT2D eigenvalue weighted by Crippen LogP contribution is -2.23. The van der Waals surface area contributed by atoms with Gasteiger partial charge in [0.25, 0.3) is 0 Å². The number of carbonyl (C=O) groups excluding carboxylic acids is 2. The zero-order valence-electron chi connectivity index (χ0n) is 18.4. The average Bonchev–Trinajstić information content (AvgIpc) is 3.35. The van der Waals surface area contributed by atoms with Crippen molar-refractivity contribution in [1.82, 2.24) is 9.88 Å². The van der Waals surface area contributed by atoms with Crippen molar-refractivity contribution in [2.24, 2.45) is 5.92 Å². The fourth-order valence-corrected chi connectivity index (χ4v) is 4.52. The highest BCUT2D eigenvalue weighted by atomic mass is 16.5. The molecule has 1 aliphatic heterocycles. The molecule has 2 atom stereocenters. The van der Waals surface area contributed by atoms with Gasteiger partial charge in [0, 0.05) is 48.1 Å². The Hall–Kier alpha value is -3.28. The van der Waals surface area contributed by atoms with E-state index in [1.54, 1.807) is 19.2 Å². The molecule has 3 aromatic rings. The first-order chi connectivity index (χ1) is 14.9. The molecule has 2 heterocycles. The lowest BCUT2D eigenvalue weighted by molar-refractivity contribution is -0.129. The van der Waals surface area contributed by atoms with Crippen LogP contribution in [0.25, 0.3) is 10.9 Å². The first-order valence-corrected chi connectivity index (χ1v) is 10.5. The van der Waals surface area contributed by atoms with E-state index in [4.69, 9.17) is 9.47 Å². The molecule has 1 amide bonds. The van der Waals surface area contributed by atoms with Gasteiger partial charge in [0.05, 0.1) is 19.8 Å². The van der Waals surface area contributed by atoms with Crippen molar-refractivity contribution >= 4 is 22.8 Å². The number of rotatable bonds is 6. The van der Waals surface area contributed by atoms with Gasteiger partial charge in [0.15, 0.2) is 0 Å². The average molecular weight is 421 g/mol. The van der Waals surface area contributed by atoms with E-state index in [1.807, 2.05) is 24.2 Å². The highest BCUT2D eigenvalue weighted by Crippen LogP contribution is 2.36. The Morgan fingerprint density at radius 3 is 2.68 bits per heavy atom. The maximum Gasteiger partial charge on any atom is 0.337 e. The third-order valence-corrected chi connectivity index (χ3v) is 6.39. The van der Waals surface area contributed by atoms with Crippen molar-refractivity contribution in [2.45, 2.75) is 25.7 Å². The molecule has 1 fully saturated rings. The molecule has 6 heteroatoms. The third-order valence-electron chi connectivity index (χ3n) is 6.39. The van der Waals surface area contributed by atoms with Crippen molar-refractivity contribution in [1.29, 1.82) is 0 Å². The van der Waals surface area contributed by atoms with Gasteiger partial charge in [-0.25, -0.2) is 4.79 Å². The number of fused-ring (bicyclic) bond motifs is 1. The predicted molar refractivity (Wildman–Crippen MR) is 120 cm³/mol. The SMILES string of the molecule is COC(=O)c1ccc(C(C)c2c[nH]c3ccc(CC4CCN(C)C4=O)cc23)c(OC)c1. The number of amides is 1. The van der Waals surface area contributed by atoms with Crippen LogP contribution in [0.2, 0.25) is 0 Å². The Balaban J connectivity index is 1.66. The highest BCUT2D eigenvalue weighted by molar-refractivity contribution is 5.90. The molecular weight excluding hydrogens is 392 g/mol. The summed E-state index contributed by atoms with van der Waals surface area (Å²) in [7, 11) is 4.85. The molecule has 0 spiro atoms. The lowest BCUT2D eigenvalue weighted by atomic mass is 9.90. The molecule has 0 saturated carbocycles. The van der Waals surface area contributed by atoms with Gasteiger partial charge in [-0.3, -0.25) is 4.79 Å². The Morgan fingerprint density at radius 1 is 1.19 bits per heavy atom. The number of aromatic nitrogens is 1. The molecule has 1 saturated heterocycles. The monoisotopic (exact) mass is 420 g/mol. The molecule has 2 aromatic carbocycles. The summed E-state index contributed by atoms with van der Waals surface area (Å²) in [6.45, 7) is 2.96. The van der Waals surface area contributed by atoms with Crippen molar-refractivity contribution in [3.05, 3.63) is 64.8 Å². The minimum Gasteiger partial charge on any atom is -0.496 e. The Morgan fingerprint density at radius 2 is 2.00 bits per heavy atom. The van der Waals surface area contributed by atoms with Gasteiger partial charge in [-0.2, -0.15) is 0 Å². The van der Waals surface area contributed by atoms with E-state index in [1.165, 1.54) is 12.7 Å². The van der Waals surface area contributed by atoms with Gasteiger partial charge < -0.3 is 19.4 Å². The fraction of sp³-hybridized carbons (Fsp3) is 0.360. The molecule has 4 rings (SSSR count).